The van der Waals surface area contributed by atoms with E-state index >= 15 is 0 Å². The number of thiazole rings is 1. The summed E-state index contributed by atoms with van der Waals surface area (Å²) in [5.74, 6) is 0. The standard InChI is InChI=1S/C6H8N2S3/c1-9-6(10-2)8-5-7-3-4-11-5/h3-4H,1-2H3. The molecule has 0 unspecified atom stereocenters. The summed E-state index contributed by atoms with van der Waals surface area (Å²) in [6, 6.07) is 0. The molecule has 0 radical (unpaired) electrons. The molecule has 1 rings (SSSR count). The van der Waals surface area contributed by atoms with Gasteiger partial charge in [0.05, 0.1) is 0 Å². The first-order chi connectivity index (χ1) is 5.36. The second-order valence-electron chi connectivity index (χ2n) is 1.60. The molecule has 1 aromatic heterocycles. The highest BCUT2D eigenvalue weighted by molar-refractivity contribution is 8.38. The Morgan fingerprint density at radius 3 is 2.73 bits per heavy atom. The van der Waals surface area contributed by atoms with Crippen molar-refractivity contribution in [1.29, 1.82) is 0 Å². The van der Waals surface area contributed by atoms with Crippen LogP contribution in [0.15, 0.2) is 16.6 Å². The predicted molar refractivity (Wildman–Crippen MR) is 56.2 cm³/mol. The van der Waals surface area contributed by atoms with Crippen LogP contribution in [-0.2, 0) is 0 Å². The van der Waals surface area contributed by atoms with Crippen molar-refractivity contribution in [2.75, 3.05) is 12.5 Å². The molecule has 5 heteroatoms. The van der Waals surface area contributed by atoms with Crippen molar-refractivity contribution in [2.24, 2.45) is 4.99 Å². The van der Waals surface area contributed by atoms with Crippen LogP contribution >= 0.6 is 34.9 Å². The lowest BCUT2D eigenvalue weighted by molar-refractivity contribution is 1.37. The summed E-state index contributed by atoms with van der Waals surface area (Å²) < 4.78 is 1.06. The van der Waals surface area contributed by atoms with Crippen LogP contribution in [0, 0.1) is 0 Å². The van der Waals surface area contributed by atoms with Crippen molar-refractivity contribution in [2.45, 2.75) is 0 Å². The lowest BCUT2D eigenvalue weighted by Gasteiger charge is -1.93. The fourth-order valence-electron chi connectivity index (χ4n) is 0.524. The number of aromatic nitrogens is 1. The summed E-state index contributed by atoms with van der Waals surface area (Å²) in [6.07, 6.45) is 5.80. The molecule has 1 heterocycles. The molecule has 0 bridgehead atoms. The van der Waals surface area contributed by atoms with E-state index in [1.807, 2.05) is 17.9 Å². The van der Waals surface area contributed by atoms with Crippen LogP contribution in [0.1, 0.15) is 0 Å². The third-order valence-corrected chi connectivity index (χ3v) is 3.50. The van der Waals surface area contributed by atoms with Crippen LogP contribution in [0.25, 0.3) is 0 Å². The summed E-state index contributed by atoms with van der Waals surface area (Å²) in [6.45, 7) is 0. The first-order valence-electron chi connectivity index (χ1n) is 2.93. The van der Waals surface area contributed by atoms with Gasteiger partial charge in [-0.15, -0.1) is 34.9 Å². The SMILES string of the molecule is CSC(=Nc1nccs1)SC. The van der Waals surface area contributed by atoms with E-state index in [4.69, 9.17) is 0 Å². The quantitative estimate of drug-likeness (QED) is 0.519. The van der Waals surface area contributed by atoms with Gasteiger partial charge >= 0.3 is 0 Å². The van der Waals surface area contributed by atoms with Gasteiger partial charge in [0.1, 0.15) is 4.38 Å². The number of hydrogen-bond acceptors (Lipinski definition) is 5. The molecule has 0 fully saturated rings. The molecule has 1 aromatic rings. The fourth-order valence-corrected chi connectivity index (χ4v) is 2.17. The van der Waals surface area contributed by atoms with Crippen LogP contribution in [0.2, 0.25) is 0 Å². The monoisotopic (exact) mass is 204 g/mol. The molecule has 0 aliphatic carbocycles. The van der Waals surface area contributed by atoms with Gasteiger partial charge in [-0.25, -0.2) is 9.98 Å². The van der Waals surface area contributed by atoms with E-state index in [1.165, 1.54) is 0 Å². The number of hydrogen-bond donors (Lipinski definition) is 0. The molecule has 2 nitrogen and oxygen atoms in total. The highest BCUT2D eigenvalue weighted by atomic mass is 32.2. The van der Waals surface area contributed by atoms with Gasteiger partial charge in [0, 0.05) is 11.6 Å². The van der Waals surface area contributed by atoms with Crippen molar-refractivity contribution in [3.63, 3.8) is 0 Å². The summed E-state index contributed by atoms with van der Waals surface area (Å²) in [5.41, 5.74) is 0. The van der Waals surface area contributed by atoms with Gasteiger partial charge in [0.2, 0.25) is 5.13 Å². The molecule has 0 N–H and O–H groups in total. The largest absolute Gasteiger partial charge is 0.227 e. The van der Waals surface area contributed by atoms with E-state index in [9.17, 15) is 0 Å². The van der Waals surface area contributed by atoms with E-state index in [0.717, 1.165) is 9.51 Å². The molecule has 0 saturated heterocycles. The van der Waals surface area contributed by atoms with Gasteiger partial charge in [-0.3, -0.25) is 0 Å². The molecular formula is C6H8N2S3. The van der Waals surface area contributed by atoms with Crippen LogP contribution in [0.3, 0.4) is 0 Å². The van der Waals surface area contributed by atoms with Gasteiger partial charge in [-0.2, -0.15) is 0 Å². The average Bonchev–Trinajstić information content (AvgIpc) is 2.52. The van der Waals surface area contributed by atoms with E-state index in [-0.39, 0.29) is 0 Å². The fraction of sp³-hybridized carbons (Fsp3) is 0.333. The van der Waals surface area contributed by atoms with Gasteiger partial charge in [-0.05, 0) is 12.5 Å². The van der Waals surface area contributed by atoms with Crippen molar-refractivity contribution in [1.82, 2.24) is 4.98 Å². The minimum atomic E-state index is 0.837. The second kappa shape index (κ2) is 4.79. The maximum absolute atomic E-state index is 4.31. The molecule has 0 amide bonds. The molecule has 0 saturated carbocycles. The zero-order valence-corrected chi connectivity index (χ0v) is 8.72. The smallest absolute Gasteiger partial charge is 0.210 e. The Balaban J connectivity index is 2.71. The summed E-state index contributed by atoms with van der Waals surface area (Å²) in [7, 11) is 0. The van der Waals surface area contributed by atoms with Crippen molar-refractivity contribution >= 4 is 44.4 Å². The Labute approximate surface area is 78.5 Å². The Morgan fingerprint density at radius 1 is 1.55 bits per heavy atom. The van der Waals surface area contributed by atoms with Crippen molar-refractivity contribution < 1.29 is 0 Å². The number of nitrogens with zero attached hydrogens (tertiary/aromatic N) is 2. The number of rotatable bonds is 1. The minimum absolute atomic E-state index is 0.837. The van der Waals surface area contributed by atoms with E-state index in [0.29, 0.717) is 0 Å². The average molecular weight is 204 g/mol. The van der Waals surface area contributed by atoms with Crippen LogP contribution in [0.5, 0.6) is 0 Å². The Kier molecular flexibility index (Phi) is 3.96. The minimum Gasteiger partial charge on any atom is -0.227 e. The summed E-state index contributed by atoms with van der Waals surface area (Å²) in [4.78, 5) is 8.36. The lowest BCUT2D eigenvalue weighted by Crippen LogP contribution is -1.79. The molecule has 0 aliphatic heterocycles. The summed E-state index contributed by atoms with van der Waals surface area (Å²) in [5, 5.41) is 2.76. The van der Waals surface area contributed by atoms with E-state index in [2.05, 4.69) is 9.98 Å². The maximum atomic E-state index is 4.31. The molecule has 60 valence electrons. The molecule has 0 aliphatic rings. The zero-order valence-electron chi connectivity index (χ0n) is 6.27. The maximum Gasteiger partial charge on any atom is 0.210 e. The Morgan fingerprint density at radius 2 is 2.27 bits per heavy atom. The third-order valence-electron chi connectivity index (χ3n) is 0.955. The second-order valence-corrected chi connectivity index (χ2v) is 4.32. The molecular weight excluding hydrogens is 196 g/mol. The number of aliphatic imine (C=N–C) groups is 1. The lowest BCUT2D eigenvalue weighted by atomic mass is 11.0. The van der Waals surface area contributed by atoms with E-state index in [1.54, 1.807) is 41.1 Å². The van der Waals surface area contributed by atoms with Gasteiger partial charge in [-0.1, -0.05) is 0 Å². The predicted octanol–water partition coefficient (Wildman–Crippen LogP) is 2.86. The van der Waals surface area contributed by atoms with Crippen molar-refractivity contribution in [3.8, 4) is 0 Å². The first kappa shape index (κ1) is 9.09. The van der Waals surface area contributed by atoms with Gasteiger partial charge in [0.25, 0.3) is 0 Å². The van der Waals surface area contributed by atoms with E-state index < -0.39 is 0 Å². The molecule has 0 spiro atoms. The van der Waals surface area contributed by atoms with Gasteiger partial charge < -0.3 is 0 Å². The Hall–Kier alpha value is -0.000000000000000111. The third kappa shape index (κ3) is 2.84. The molecule has 0 atom stereocenters. The summed E-state index contributed by atoms with van der Waals surface area (Å²) >= 11 is 4.85. The first-order valence-corrected chi connectivity index (χ1v) is 6.26. The molecule has 11 heavy (non-hydrogen) atoms. The highest BCUT2D eigenvalue weighted by Gasteiger charge is 1.95. The van der Waals surface area contributed by atoms with Crippen LogP contribution in [0.4, 0.5) is 5.13 Å². The van der Waals surface area contributed by atoms with Crippen molar-refractivity contribution in [3.05, 3.63) is 11.6 Å². The zero-order chi connectivity index (χ0) is 8.10. The normalized spacial score (nSPS) is 9.64. The highest BCUT2D eigenvalue weighted by Crippen LogP contribution is 2.20. The topological polar surface area (TPSA) is 25.2 Å². The van der Waals surface area contributed by atoms with Crippen LogP contribution in [-0.4, -0.2) is 21.9 Å². The van der Waals surface area contributed by atoms with Gasteiger partial charge in [0.15, 0.2) is 0 Å². The van der Waals surface area contributed by atoms with Crippen LogP contribution < -0.4 is 0 Å². The molecule has 0 aromatic carbocycles. The number of thioether (sulfide) groups is 2. The Bertz CT molecular complexity index is 224.